The lowest BCUT2D eigenvalue weighted by atomic mass is 10.2. The van der Waals surface area contributed by atoms with Crippen LogP contribution in [-0.2, 0) is 13.0 Å². The average Bonchev–Trinajstić information content (AvgIpc) is 2.89. The van der Waals surface area contributed by atoms with E-state index in [1.807, 2.05) is 4.68 Å². The first-order valence-electron chi connectivity index (χ1n) is 5.60. The third-order valence-electron chi connectivity index (χ3n) is 2.39. The van der Waals surface area contributed by atoms with Crippen LogP contribution in [-0.4, -0.2) is 24.9 Å². The number of hydrogen-bond acceptors (Lipinski definition) is 5. The normalized spacial score (nSPS) is 13.2. The smallest absolute Gasteiger partial charge is 0.138 e. The molecule has 0 spiro atoms. The van der Waals surface area contributed by atoms with Gasteiger partial charge in [-0.2, -0.15) is 5.10 Å². The topological polar surface area (TPSA) is 63.8 Å². The SMILES string of the molecule is CC(C)Cn1ncnc1CC(O)c1cncs1. The van der Waals surface area contributed by atoms with Crippen LogP contribution in [0.15, 0.2) is 18.0 Å². The second kappa shape index (κ2) is 5.37. The van der Waals surface area contributed by atoms with Crippen molar-refractivity contribution in [1.82, 2.24) is 19.7 Å². The summed E-state index contributed by atoms with van der Waals surface area (Å²) in [6.45, 7) is 5.08. The minimum absolute atomic E-state index is 0.481. The van der Waals surface area contributed by atoms with Crippen molar-refractivity contribution in [2.45, 2.75) is 32.9 Å². The van der Waals surface area contributed by atoms with Crippen LogP contribution in [0, 0.1) is 5.92 Å². The second-order valence-electron chi connectivity index (χ2n) is 4.38. The van der Waals surface area contributed by atoms with E-state index >= 15 is 0 Å². The van der Waals surface area contributed by atoms with Gasteiger partial charge in [0.25, 0.3) is 0 Å². The van der Waals surface area contributed by atoms with Gasteiger partial charge in [-0.1, -0.05) is 13.8 Å². The Kier molecular flexibility index (Phi) is 3.86. The van der Waals surface area contributed by atoms with Crippen LogP contribution in [0.1, 0.15) is 30.7 Å². The van der Waals surface area contributed by atoms with Crippen LogP contribution < -0.4 is 0 Å². The number of hydrogen-bond donors (Lipinski definition) is 1. The van der Waals surface area contributed by atoms with Crippen LogP contribution in [0.5, 0.6) is 0 Å². The maximum absolute atomic E-state index is 10.0. The van der Waals surface area contributed by atoms with Crippen molar-refractivity contribution in [2.75, 3.05) is 0 Å². The molecule has 0 saturated carbocycles. The summed E-state index contributed by atoms with van der Waals surface area (Å²) in [6, 6.07) is 0. The van der Waals surface area contributed by atoms with Gasteiger partial charge in [-0.05, 0) is 5.92 Å². The van der Waals surface area contributed by atoms with E-state index in [0.717, 1.165) is 17.2 Å². The predicted molar refractivity (Wildman–Crippen MR) is 65.6 cm³/mol. The maximum atomic E-state index is 10.0. The van der Waals surface area contributed by atoms with Crippen molar-refractivity contribution in [3.63, 3.8) is 0 Å². The Balaban J connectivity index is 2.06. The van der Waals surface area contributed by atoms with Gasteiger partial charge in [0.05, 0.1) is 16.5 Å². The Bertz CT molecular complexity index is 452. The Morgan fingerprint density at radius 3 is 2.94 bits per heavy atom. The molecule has 6 heteroatoms. The lowest BCUT2D eigenvalue weighted by Crippen LogP contribution is -2.13. The molecule has 0 radical (unpaired) electrons. The highest BCUT2D eigenvalue weighted by atomic mass is 32.1. The van der Waals surface area contributed by atoms with Crippen molar-refractivity contribution in [3.8, 4) is 0 Å². The molecule has 0 amide bonds. The molecule has 2 aromatic heterocycles. The van der Waals surface area contributed by atoms with Gasteiger partial charge in [0, 0.05) is 19.2 Å². The standard InChI is InChI=1S/C11H16N4OS/c1-8(2)5-15-11(13-6-14-15)3-9(16)10-4-12-7-17-10/h4,6-9,16H,3,5H2,1-2H3. The first kappa shape index (κ1) is 12.2. The monoisotopic (exact) mass is 252 g/mol. The Morgan fingerprint density at radius 2 is 2.29 bits per heavy atom. The van der Waals surface area contributed by atoms with Crippen LogP contribution >= 0.6 is 11.3 Å². The lowest BCUT2D eigenvalue weighted by molar-refractivity contribution is 0.177. The molecule has 92 valence electrons. The van der Waals surface area contributed by atoms with Gasteiger partial charge >= 0.3 is 0 Å². The molecule has 17 heavy (non-hydrogen) atoms. The molecule has 2 rings (SSSR count). The number of aromatic nitrogens is 4. The van der Waals surface area contributed by atoms with Gasteiger partial charge in [0.15, 0.2) is 0 Å². The minimum atomic E-state index is -0.544. The van der Waals surface area contributed by atoms with E-state index in [4.69, 9.17) is 0 Å². The quantitative estimate of drug-likeness (QED) is 0.879. The molecule has 0 aliphatic carbocycles. The van der Waals surface area contributed by atoms with Crippen molar-refractivity contribution in [2.24, 2.45) is 5.92 Å². The van der Waals surface area contributed by atoms with E-state index < -0.39 is 6.10 Å². The summed E-state index contributed by atoms with van der Waals surface area (Å²) in [4.78, 5) is 9.02. The van der Waals surface area contributed by atoms with Gasteiger partial charge in [0.1, 0.15) is 12.2 Å². The zero-order chi connectivity index (χ0) is 12.3. The number of thiazole rings is 1. The molecule has 0 saturated heterocycles. The van der Waals surface area contributed by atoms with Crippen molar-refractivity contribution < 1.29 is 5.11 Å². The van der Waals surface area contributed by atoms with E-state index in [1.165, 1.54) is 17.7 Å². The van der Waals surface area contributed by atoms with Gasteiger partial charge in [0.2, 0.25) is 0 Å². The van der Waals surface area contributed by atoms with Crippen molar-refractivity contribution >= 4 is 11.3 Å². The highest BCUT2D eigenvalue weighted by molar-refractivity contribution is 7.09. The molecule has 1 atom stereocenters. The Morgan fingerprint density at radius 1 is 1.47 bits per heavy atom. The molecule has 2 aromatic rings. The Hall–Kier alpha value is -1.27. The molecule has 0 aliphatic heterocycles. The van der Waals surface area contributed by atoms with E-state index in [0.29, 0.717) is 12.3 Å². The van der Waals surface area contributed by atoms with Gasteiger partial charge in [-0.3, -0.25) is 4.98 Å². The van der Waals surface area contributed by atoms with Crippen LogP contribution in [0.25, 0.3) is 0 Å². The van der Waals surface area contributed by atoms with Crippen LogP contribution in [0.4, 0.5) is 0 Å². The summed E-state index contributed by atoms with van der Waals surface area (Å²) in [5.74, 6) is 1.33. The third-order valence-corrected chi connectivity index (χ3v) is 3.27. The summed E-state index contributed by atoms with van der Waals surface area (Å²) in [5.41, 5.74) is 1.72. The third kappa shape index (κ3) is 3.10. The summed E-state index contributed by atoms with van der Waals surface area (Å²) in [6.07, 6.45) is 3.17. The lowest BCUT2D eigenvalue weighted by Gasteiger charge is -2.11. The maximum Gasteiger partial charge on any atom is 0.138 e. The molecule has 0 bridgehead atoms. The molecule has 0 aliphatic rings. The van der Waals surface area contributed by atoms with E-state index in [1.54, 1.807) is 11.7 Å². The van der Waals surface area contributed by atoms with Crippen molar-refractivity contribution in [1.29, 1.82) is 0 Å². The van der Waals surface area contributed by atoms with Crippen LogP contribution in [0.2, 0.25) is 0 Å². The highest BCUT2D eigenvalue weighted by Gasteiger charge is 2.14. The number of aliphatic hydroxyl groups excluding tert-OH is 1. The Labute approximate surface area is 104 Å². The fourth-order valence-corrected chi connectivity index (χ4v) is 2.21. The highest BCUT2D eigenvalue weighted by Crippen LogP contribution is 2.20. The molecule has 2 heterocycles. The summed E-state index contributed by atoms with van der Waals surface area (Å²) in [5, 5.41) is 14.2. The molecule has 1 unspecified atom stereocenters. The summed E-state index contributed by atoms with van der Waals surface area (Å²) >= 11 is 1.45. The molecular formula is C11H16N4OS. The zero-order valence-corrected chi connectivity index (χ0v) is 10.8. The van der Waals surface area contributed by atoms with Gasteiger partial charge < -0.3 is 5.11 Å². The molecule has 5 nitrogen and oxygen atoms in total. The number of aliphatic hydroxyl groups is 1. The first-order chi connectivity index (χ1) is 8.16. The molecule has 0 aromatic carbocycles. The zero-order valence-electron chi connectivity index (χ0n) is 9.95. The molecular weight excluding hydrogens is 236 g/mol. The number of nitrogens with zero attached hydrogens (tertiary/aromatic N) is 4. The number of rotatable bonds is 5. The van der Waals surface area contributed by atoms with E-state index in [-0.39, 0.29) is 0 Å². The largest absolute Gasteiger partial charge is 0.387 e. The molecule has 0 fully saturated rings. The van der Waals surface area contributed by atoms with Gasteiger partial charge in [-0.25, -0.2) is 9.67 Å². The van der Waals surface area contributed by atoms with E-state index in [2.05, 4.69) is 28.9 Å². The fourth-order valence-electron chi connectivity index (χ4n) is 1.61. The molecule has 1 N–H and O–H groups in total. The van der Waals surface area contributed by atoms with Crippen molar-refractivity contribution in [3.05, 3.63) is 28.7 Å². The fraction of sp³-hybridized carbons (Fsp3) is 0.545. The van der Waals surface area contributed by atoms with Crippen LogP contribution in [0.3, 0.4) is 0 Å². The first-order valence-corrected chi connectivity index (χ1v) is 6.48. The summed E-state index contributed by atoms with van der Waals surface area (Å²) < 4.78 is 1.86. The summed E-state index contributed by atoms with van der Waals surface area (Å²) in [7, 11) is 0. The average molecular weight is 252 g/mol. The van der Waals surface area contributed by atoms with Gasteiger partial charge in [-0.15, -0.1) is 11.3 Å². The minimum Gasteiger partial charge on any atom is -0.387 e. The van der Waals surface area contributed by atoms with E-state index in [9.17, 15) is 5.11 Å². The second-order valence-corrected chi connectivity index (χ2v) is 5.29. The predicted octanol–water partition coefficient (Wildman–Crippen LogP) is 1.67.